The summed E-state index contributed by atoms with van der Waals surface area (Å²) in [6.45, 7) is 1.89. The van der Waals surface area contributed by atoms with E-state index in [9.17, 15) is 10.1 Å². The number of rotatable bonds is 2. The Morgan fingerprint density at radius 2 is 1.42 bits per heavy atom. The number of aryl methyl sites for hydroxylation is 1. The summed E-state index contributed by atoms with van der Waals surface area (Å²) in [4.78, 5) is 11.3. The molecule has 0 radical (unpaired) electrons. The number of benzene rings is 2. The number of fused-ring (bicyclic) bond motifs is 2. The maximum absolute atomic E-state index is 11.7. The third-order valence-electron chi connectivity index (χ3n) is 3.61. The van der Waals surface area contributed by atoms with Gasteiger partial charge in [0, 0.05) is 16.1 Å². The van der Waals surface area contributed by atoms with Crippen LogP contribution in [0.5, 0.6) is 0 Å². The Morgan fingerprint density at radius 3 is 2.00 bits per heavy atom. The molecule has 0 saturated carbocycles. The maximum Gasteiger partial charge on any atom is 0.280 e. The molecule has 4 aromatic rings. The SMILES string of the molecule is Cc1cc(Br)c2nsnc2c1-c1c([N+](=O)[O-])cc(Br)c2nsnc12. The quantitative estimate of drug-likeness (QED) is 0.288. The van der Waals surface area contributed by atoms with Crippen LogP contribution in [0.3, 0.4) is 0 Å². The number of aromatic nitrogens is 4. The molecule has 0 aliphatic carbocycles. The third-order valence-corrected chi connectivity index (χ3v) is 5.87. The van der Waals surface area contributed by atoms with Crippen molar-refractivity contribution in [3.05, 3.63) is 36.8 Å². The molecule has 0 aliphatic heterocycles. The van der Waals surface area contributed by atoms with E-state index in [0.29, 0.717) is 37.7 Å². The van der Waals surface area contributed by atoms with Crippen molar-refractivity contribution in [3.63, 3.8) is 0 Å². The van der Waals surface area contributed by atoms with Gasteiger partial charge in [-0.15, -0.1) is 0 Å². The van der Waals surface area contributed by atoms with Crippen molar-refractivity contribution in [1.82, 2.24) is 17.5 Å². The van der Waals surface area contributed by atoms with Crippen molar-refractivity contribution in [2.24, 2.45) is 0 Å². The molecule has 0 saturated heterocycles. The molecular formula is C13H5Br2N5O2S2. The summed E-state index contributed by atoms with van der Waals surface area (Å²) in [5.41, 5.74) is 4.28. The summed E-state index contributed by atoms with van der Waals surface area (Å²) in [5, 5.41) is 11.7. The van der Waals surface area contributed by atoms with Crippen molar-refractivity contribution in [2.45, 2.75) is 6.92 Å². The highest BCUT2D eigenvalue weighted by molar-refractivity contribution is 9.11. The minimum Gasteiger partial charge on any atom is -0.258 e. The van der Waals surface area contributed by atoms with Crippen molar-refractivity contribution in [3.8, 4) is 11.1 Å². The van der Waals surface area contributed by atoms with Crippen LogP contribution in [0.4, 0.5) is 5.69 Å². The molecule has 0 spiro atoms. The van der Waals surface area contributed by atoms with Gasteiger partial charge >= 0.3 is 0 Å². The van der Waals surface area contributed by atoms with Gasteiger partial charge in [0.2, 0.25) is 0 Å². The smallest absolute Gasteiger partial charge is 0.258 e. The molecule has 2 aromatic heterocycles. The summed E-state index contributed by atoms with van der Waals surface area (Å²) in [6.07, 6.45) is 0. The molecule has 4 rings (SSSR count). The van der Waals surface area contributed by atoms with Crippen molar-refractivity contribution in [1.29, 1.82) is 0 Å². The second kappa shape index (κ2) is 5.76. The first kappa shape index (κ1) is 15.9. The highest BCUT2D eigenvalue weighted by Gasteiger charge is 2.27. The molecule has 120 valence electrons. The molecule has 0 bridgehead atoms. The molecule has 2 aromatic carbocycles. The first-order valence-electron chi connectivity index (χ1n) is 6.50. The fourth-order valence-corrected chi connectivity index (χ4v) is 5.11. The van der Waals surface area contributed by atoms with E-state index < -0.39 is 4.92 Å². The van der Waals surface area contributed by atoms with Gasteiger partial charge in [0.1, 0.15) is 22.1 Å². The summed E-state index contributed by atoms with van der Waals surface area (Å²) in [5.74, 6) is 0. The first-order chi connectivity index (χ1) is 11.5. The molecule has 0 unspecified atom stereocenters. The third kappa shape index (κ3) is 2.26. The number of hydrogen-bond donors (Lipinski definition) is 0. The van der Waals surface area contributed by atoms with E-state index in [1.807, 2.05) is 13.0 Å². The van der Waals surface area contributed by atoms with Crippen LogP contribution in [0, 0.1) is 17.0 Å². The molecule has 2 heterocycles. The fraction of sp³-hybridized carbons (Fsp3) is 0.0769. The average Bonchev–Trinajstić information content (AvgIpc) is 3.17. The number of nitro groups is 1. The van der Waals surface area contributed by atoms with Crippen LogP contribution in [0.2, 0.25) is 0 Å². The lowest BCUT2D eigenvalue weighted by Crippen LogP contribution is -1.97. The van der Waals surface area contributed by atoms with Gasteiger partial charge in [-0.1, -0.05) is 0 Å². The van der Waals surface area contributed by atoms with Gasteiger partial charge in [-0.05, 0) is 50.4 Å². The Kier molecular flexibility index (Phi) is 3.82. The van der Waals surface area contributed by atoms with Crippen LogP contribution in [0.1, 0.15) is 5.56 Å². The molecule has 0 atom stereocenters. The molecule has 7 nitrogen and oxygen atoms in total. The predicted octanol–water partition coefficient (Wildman–Crippen LogP) is 5.10. The van der Waals surface area contributed by atoms with Crippen LogP contribution < -0.4 is 0 Å². The highest BCUT2D eigenvalue weighted by atomic mass is 79.9. The zero-order valence-electron chi connectivity index (χ0n) is 11.8. The summed E-state index contributed by atoms with van der Waals surface area (Å²) in [7, 11) is 0. The molecule has 0 amide bonds. The van der Waals surface area contributed by atoms with E-state index in [-0.39, 0.29) is 5.69 Å². The normalized spacial score (nSPS) is 11.5. The van der Waals surface area contributed by atoms with Gasteiger partial charge in [-0.2, -0.15) is 17.5 Å². The molecule has 24 heavy (non-hydrogen) atoms. The van der Waals surface area contributed by atoms with E-state index in [2.05, 4.69) is 49.4 Å². The largest absolute Gasteiger partial charge is 0.280 e. The lowest BCUT2D eigenvalue weighted by Gasteiger charge is -2.10. The van der Waals surface area contributed by atoms with Crippen LogP contribution in [0.25, 0.3) is 33.2 Å². The predicted molar refractivity (Wildman–Crippen MR) is 101 cm³/mol. The number of hydrogen-bond acceptors (Lipinski definition) is 8. The van der Waals surface area contributed by atoms with Crippen LogP contribution >= 0.6 is 55.3 Å². The molecular weight excluding hydrogens is 482 g/mol. The highest BCUT2D eigenvalue weighted by Crippen LogP contribution is 2.44. The Hall–Kier alpha value is -1.56. The first-order valence-corrected chi connectivity index (χ1v) is 9.54. The van der Waals surface area contributed by atoms with E-state index in [0.717, 1.165) is 33.5 Å². The average molecular weight is 487 g/mol. The fourth-order valence-electron chi connectivity index (χ4n) is 2.62. The molecule has 0 fully saturated rings. The Bertz CT molecular complexity index is 1140. The van der Waals surface area contributed by atoms with Crippen LogP contribution in [0.15, 0.2) is 21.1 Å². The van der Waals surface area contributed by atoms with E-state index >= 15 is 0 Å². The topological polar surface area (TPSA) is 94.7 Å². The molecule has 11 heteroatoms. The summed E-state index contributed by atoms with van der Waals surface area (Å²) in [6, 6.07) is 3.35. The van der Waals surface area contributed by atoms with Gasteiger partial charge in [0.15, 0.2) is 0 Å². The van der Waals surface area contributed by atoms with Gasteiger partial charge in [0.25, 0.3) is 5.69 Å². The summed E-state index contributed by atoms with van der Waals surface area (Å²) >= 11 is 8.90. The number of nitrogens with zero attached hydrogens (tertiary/aromatic N) is 5. The lowest BCUT2D eigenvalue weighted by molar-refractivity contribution is -0.384. The van der Waals surface area contributed by atoms with Gasteiger partial charge in [0.05, 0.1) is 38.4 Å². The van der Waals surface area contributed by atoms with Crippen LogP contribution in [-0.4, -0.2) is 22.4 Å². The number of halogens is 2. The van der Waals surface area contributed by atoms with E-state index in [1.165, 1.54) is 6.07 Å². The van der Waals surface area contributed by atoms with Gasteiger partial charge in [-0.25, -0.2) is 0 Å². The molecule has 0 aliphatic rings. The monoisotopic (exact) mass is 485 g/mol. The second-order valence-corrected chi connectivity index (χ2v) is 7.75. The minimum absolute atomic E-state index is 0.0400. The van der Waals surface area contributed by atoms with Gasteiger partial charge in [-0.3, -0.25) is 10.1 Å². The Morgan fingerprint density at radius 1 is 0.917 bits per heavy atom. The van der Waals surface area contributed by atoms with E-state index in [4.69, 9.17) is 0 Å². The standard InChI is InChI=1S/C13H5Br2N5O2S2/c1-4-2-5(14)10-12(18-23-16-10)8(4)9-7(20(21)22)3-6(15)11-13(9)19-24-17-11/h2-3H,1H3. The number of nitro benzene ring substituents is 1. The summed E-state index contributed by atoms with van der Waals surface area (Å²) < 4.78 is 18.5. The van der Waals surface area contributed by atoms with Crippen molar-refractivity contribution < 1.29 is 4.92 Å². The van der Waals surface area contributed by atoms with Gasteiger partial charge < -0.3 is 0 Å². The van der Waals surface area contributed by atoms with Crippen LogP contribution in [-0.2, 0) is 0 Å². The zero-order chi connectivity index (χ0) is 17.0. The Balaban J connectivity index is 2.24. The van der Waals surface area contributed by atoms with Crippen molar-refractivity contribution >= 4 is 83.1 Å². The lowest BCUT2D eigenvalue weighted by atomic mass is 9.96. The van der Waals surface area contributed by atoms with Crippen molar-refractivity contribution in [2.75, 3.05) is 0 Å². The zero-order valence-corrected chi connectivity index (χ0v) is 16.6. The Labute approximate surface area is 159 Å². The maximum atomic E-state index is 11.7. The minimum atomic E-state index is -0.411. The second-order valence-electron chi connectivity index (χ2n) is 4.98. The molecule has 0 N–H and O–H groups in total. The van der Waals surface area contributed by atoms with E-state index in [1.54, 1.807) is 0 Å².